The number of hydrogen-bond acceptors (Lipinski definition) is 3. The van der Waals surface area contributed by atoms with Gasteiger partial charge in [0.1, 0.15) is 0 Å². The van der Waals surface area contributed by atoms with Crippen molar-refractivity contribution in [2.75, 3.05) is 0 Å². The number of hydrogen-bond donors (Lipinski definition) is 0. The van der Waals surface area contributed by atoms with Crippen LogP contribution in [0.4, 0.5) is 0 Å². The van der Waals surface area contributed by atoms with Gasteiger partial charge >= 0.3 is 0 Å². The zero-order chi connectivity index (χ0) is 10.7. The van der Waals surface area contributed by atoms with Crippen LogP contribution in [0.3, 0.4) is 0 Å². The maximum absolute atomic E-state index is 11.2. The van der Waals surface area contributed by atoms with Crippen LogP contribution >= 0.6 is 15.9 Å². The van der Waals surface area contributed by atoms with E-state index in [-0.39, 0.29) is 22.5 Å². The molecule has 0 atom stereocenters. The van der Waals surface area contributed by atoms with Gasteiger partial charge in [-0.05, 0) is 19.1 Å². The second kappa shape index (κ2) is 4.16. The standard InChI is InChI=1S/C10H6BrNO2/c1-6(14)10-7(4-12)2-9(11)3-8(10)5-13/h2-3,5H,1H3. The van der Waals surface area contributed by atoms with Gasteiger partial charge in [0.2, 0.25) is 0 Å². The molecule has 1 aromatic carbocycles. The van der Waals surface area contributed by atoms with Crippen molar-refractivity contribution in [2.45, 2.75) is 6.92 Å². The fourth-order valence-corrected chi connectivity index (χ4v) is 1.68. The smallest absolute Gasteiger partial charge is 0.161 e. The van der Waals surface area contributed by atoms with Gasteiger partial charge in [0, 0.05) is 15.6 Å². The Hall–Kier alpha value is -1.47. The van der Waals surface area contributed by atoms with Crippen LogP contribution in [0.25, 0.3) is 0 Å². The number of ketones is 1. The lowest BCUT2D eigenvalue weighted by molar-refractivity contribution is 0.100. The Labute approximate surface area is 89.5 Å². The highest BCUT2D eigenvalue weighted by Crippen LogP contribution is 2.20. The molecule has 0 spiro atoms. The first kappa shape index (κ1) is 10.6. The van der Waals surface area contributed by atoms with Crippen LogP contribution in [-0.4, -0.2) is 12.1 Å². The van der Waals surface area contributed by atoms with Crippen LogP contribution < -0.4 is 0 Å². The SMILES string of the molecule is CC(=O)c1c(C#N)cc(Br)cc1C=O. The van der Waals surface area contributed by atoms with Crippen molar-refractivity contribution in [3.05, 3.63) is 33.3 Å². The summed E-state index contributed by atoms with van der Waals surface area (Å²) in [5.41, 5.74) is 0.642. The molecular formula is C10H6BrNO2. The number of halogens is 1. The van der Waals surface area contributed by atoms with E-state index < -0.39 is 0 Å². The molecular weight excluding hydrogens is 246 g/mol. The summed E-state index contributed by atoms with van der Waals surface area (Å²) in [6, 6.07) is 4.92. The maximum Gasteiger partial charge on any atom is 0.161 e. The van der Waals surface area contributed by atoms with Crippen molar-refractivity contribution in [2.24, 2.45) is 0 Å². The van der Waals surface area contributed by atoms with E-state index in [0.29, 0.717) is 10.8 Å². The molecule has 0 aliphatic rings. The van der Waals surface area contributed by atoms with Crippen LogP contribution in [0.15, 0.2) is 16.6 Å². The summed E-state index contributed by atoms with van der Waals surface area (Å²) in [4.78, 5) is 21.9. The third kappa shape index (κ3) is 1.88. The molecule has 1 aromatic rings. The van der Waals surface area contributed by atoms with E-state index >= 15 is 0 Å². The summed E-state index contributed by atoms with van der Waals surface area (Å²) >= 11 is 3.16. The molecule has 1 rings (SSSR count). The summed E-state index contributed by atoms with van der Waals surface area (Å²) in [6.45, 7) is 1.33. The molecule has 0 heterocycles. The highest BCUT2D eigenvalue weighted by Gasteiger charge is 2.13. The van der Waals surface area contributed by atoms with Gasteiger partial charge in [-0.15, -0.1) is 0 Å². The summed E-state index contributed by atoms with van der Waals surface area (Å²) < 4.78 is 0.612. The monoisotopic (exact) mass is 251 g/mol. The zero-order valence-corrected chi connectivity index (χ0v) is 8.96. The highest BCUT2D eigenvalue weighted by atomic mass is 79.9. The molecule has 0 saturated heterocycles. The number of carbonyl (C=O) groups is 2. The van der Waals surface area contributed by atoms with E-state index in [0.717, 1.165) is 0 Å². The molecule has 0 unspecified atom stereocenters. The van der Waals surface area contributed by atoms with Crippen LogP contribution in [0.5, 0.6) is 0 Å². The maximum atomic E-state index is 11.2. The summed E-state index contributed by atoms with van der Waals surface area (Å²) in [6.07, 6.45) is 0.572. The summed E-state index contributed by atoms with van der Waals surface area (Å²) in [5, 5.41) is 8.77. The Balaban J connectivity index is 3.58. The second-order valence-corrected chi connectivity index (χ2v) is 3.62. The average Bonchev–Trinajstić information content (AvgIpc) is 2.15. The Morgan fingerprint density at radius 1 is 1.57 bits per heavy atom. The quantitative estimate of drug-likeness (QED) is 0.599. The van der Waals surface area contributed by atoms with Gasteiger partial charge in [-0.25, -0.2) is 0 Å². The van der Waals surface area contributed by atoms with E-state index in [1.165, 1.54) is 19.1 Å². The van der Waals surface area contributed by atoms with Crippen LogP contribution in [0.2, 0.25) is 0 Å². The average molecular weight is 252 g/mol. The molecule has 0 fully saturated rings. The number of benzene rings is 1. The van der Waals surface area contributed by atoms with Crippen molar-refractivity contribution in [1.82, 2.24) is 0 Å². The minimum absolute atomic E-state index is 0.186. The fraction of sp³-hybridized carbons (Fsp3) is 0.100. The number of aldehydes is 1. The van der Waals surface area contributed by atoms with E-state index in [9.17, 15) is 9.59 Å². The van der Waals surface area contributed by atoms with Crippen molar-refractivity contribution in [3.8, 4) is 6.07 Å². The third-order valence-corrected chi connectivity index (χ3v) is 2.19. The molecule has 70 valence electrons. The molecule has 0 aromatic heterocycles. The predicted octanol–water partition coefficient (Wildman–Crippen LogP) is 2.34. The zero-order valence-electron chi connectivity index (χ0n) is 7.37. The first-order chi connectivity index (χ1) is 6.60. The molecule has 0 bridgehead atoms. The minimum atomic E-state index is -0.281. The van der Waals surface area contributed by atoms with E-state index in [1.54, 1.807) is 0 Å². The minimum Gasteiger partial charge on any atom is -0.298 e. The number of Topliss-reactive ketones (excluding diaryl/α,β-unsaturated/α-hetero) is 1. The van der Waals surface area contributed by atoms with E-state index in [1.807, 2.05) is 6.07 Å². The van der Waals surface area contributed by atoms with Crippen LogP contribution in [-0.2, 0) is 0 Å². The Bertz CT molecular complexity index is 446. The molecule has 4 heteroatoms. The van der Waals surface area contributed by atoms with Crippen LogP contribution in [0, 0.1) is 11.3 Å². The lowest BCUT2D eigenvalue weighted by Gasteiger charge is -2.03. The van der Waals surface area contributed by atoms with Crippen LogP contribution in [0.1, 0.15) is 33.2 Å². The molecule has 0 radical (unpaired) electrons. The fourth-order valence-electron chi connectivity index (χ4n) is 1.20. The first-order valence-corrected chi connectivity index (χ1v) is 4.59. The van der Waals surface area contributed by atoms with Crippen molar-refractivity contribution in [3.63, 3.8) is 0 Å². The third-order valence-electron chi connectivity index (χ3n) is 1.73. The molecule has 3 nitrogen and oxygen atoms in total. The molecule has 0 aliphatic heterocycles. The second-order valence-electron chi connectivity index (χ2n) is 2.70. The molecule has 0 saturated carbocycles. The summed E-state index contributed by atoms with van der Waals surface area (Å²) in [7, 11) is 0. The number of nitrogens with zero attached hydrogens (tertiary/aromatic N) is 1. The molecule has 0 N–H and O–H groups in total. The van der Waals surface area contributed by atoms with Crippen molar-refractivity contribution >= 4 is 28.0 Å². The lowest BCUT2D eigenvalue weighted by Crippen LogP contribution is -2.02. The van der Waals surface area contributed by atoms with Gasteiger partial charge in [-0.2, -0.15) is 5.26 Å². The van der Waals surface area contributed by atoms with Gasteiger partial charge in [-0.1, -0.05) is 15.9 Å². The van der Waals surface area contributed by atoms with E-state index in [4.69, 9.17) is 5.26 Å². The topological polar surface area (TPSA) is 57.9 Å². The Kier molecular flexibility index (Phi) is 3.15. The molecule has 14 heavy (non-hydrogen) atoms. The first-order valence-electron chi connectivity index (χ1n) is 3.80. The molecule has 0 aliphatic carbocycles. The number of nitriles is 1. The number of rotatable bonds is 2. The van der Waals surface area contributed by atoms with Crippen molar-refractivity contribution in [1.29, 1.82) is 5.26 Å². The highest BCUT2D eigenvalue weighted by molar-refractivity contribution is 9.10. The Morgan fingerprint density at radius 2 is 2.21 bits per heavy atom. The van der Waals surface area contributed by atoms with E-state index in [2.05, 4.69) is 15.9 Å². The molecule has 0 amide bonds. The van der Waals surface area contributed by atoms with Crippen molar-refractivity contribution < 1.29 is 9.59 Å². The van der Waals surface area contributed by atoms with Gasteiger partial charge in [0.05, 0.1) is 11.6 Å². The Morgan fingerprint density at radius 3 is 2.64 bits per heavy atom. The normalized spacial score (nSPS) is 9.21. The lowest BCUT2D eigenvalue weighted by atomic mass is 9.99. The predicted molar refractivity (Wildman–Crippen MR) is 54.2 cm³/mol. The van der Waals surface area contributed by atoms with Gasteiger partial charge in [-0.3, -0.25) is 9.59 Å². The summed E-state index contributed by atoms with van der Waals surface area (Å²) in [5.74, 6) is -0.281. The largest absolute Gasteiger partial charge is 0.298 e. The van der Waals surface area contributed by atoms with Gasteiger partial charge in [0.25, 0.3) is 0 Å². The van der Waals surface area contributed by atoms with Gasteiger partial charge < -0.3 is 0 Å². The van der Waals surface area contributed by atoms with Gasteiger partial charge in [0.15, 0.2) is 12.1 Å². The number of carbonyl (C=O) groups excluding carboxylic acids is 2.